The lowest BCUT2D eigenvalue weighted by atomic mass is 10.1. The predicted molar refractivity (Wildman–Crippen MR) is 132 cm³/mol. The standard InChI is InChI=1S/C23H30N5O8P/c1-13(2)34-23(31)14(3)27-37(32,36-15-7-5-4-6-8-15)33-11-17-18(29)19(30)22(35-17)28-10-9-16-20(24)25-12-26-21(16)28/h4-10,12-14,17-19,22,29-30H,11H2,1-3H3,(H,27,32)(H2,24,25,26)/t14-,17-,18-,19-,22-,37?/m1/s1. The third-order valence-corrected chi connectivity index (χ3v) is 7.23. The number of hydrogen-bond acceptors (Lipinski definition) is 11. The maximum absolute atomic E-state index is 13.7. The van der Waals surface area contributed by atoms with Crippen molar-refractivity contribution in [3.05, 3.63) is 48.9 Å². The molecule has 1 aromatic carbocycles. The van der Waals surface area contributed by atoms with Gasteiger partial charge in [0.1, 0.15) is 47.9 Å². The molecular formula is C23H30N5O8P. The van der Waals surface area contributed by atoms with Gasteiger partial charge in [0, 0.05) is 6.20 Å². The highest BCUT2D eigenvalue weighted by molar-refractivity contribution is 7.52. The van der Waals surface area contributed by atoms with Gasteiger partial charge in [-0.05, 0) is 39.0 Å². The summed E-state index contributed by atoms with van der Waals surface area (Å²) < 4.78 is 37.4. The molecule has 1 fully saturated rings. The van der Waals surface area contributed by atoms with Crippen LogP contribution in [0.1, 0.15) is 27.0 Å². The van der Waals surface area contributed by atoms with Gasteiger partial charge in [0.05, 0.1) is 18.1 Å². The third kappa shape index (κ3) is 6.09. The number of para-hydroxylation sites is 1. The smallest absolute Gasteiger partial charge is 0.459 e. The quantitative estimate of drug-likeness (QED) is 0.219. The van der Waals surface area contributed by atoms with Crippen molar-refractivity contribution in [2.75, 3.05) is 12.3 Å². The van der Waals surface area contributed by atoms with Gasteiger partial charge < -0.3 is 34.5 Å². The van der Waals surface area contributed by atoms with Gasteiger partial charge in [-0.25, -0.2) is 14.5 Å². The number of hydrogen-bond donors (Lipinski definition) is 4. The molecule has 1 unspecified atom stereocenters. The van der Waals surface area contributed by atoms with Crippen molar-refractivity contribution in [2.24, 2.45) is 0 Å². The van der Waals surface area contributed by atoms with Crippen LogP contribution in [-0.2, 0) is 23.4 Å². The van der Waals surface area contributed by atoms with Gasteiger partial charge >= 0.3 is 13.7 Å². The van der Waals surface area contributed by atoms with Crippen molar-refractivity contribution in [1.29, 1.82) is 0 Å². The van der Waals surface area contributed by atoms with Gasteiger partial charge in [-0.15, -0.1) is 0 Å². The molecule has 0 amide bonds. The minimum absolute atomic E-state index is 0.227. The van der Waals surface area contributed by atoms with E-state index in [9.17, 15) is 19.6 Å². The molecule has 0 bridgehead atoms. The first-order valence-corrected chi connectivity index (χ1v) is 13.2. The molecule has 200 valence electrons. The van der Waals surface area contributed by atoms with Crippen LogP contribution in [0.3, 0.4) is 0 Å². The summed E-state index contributed by atoms with van der Waals surface area (Å²) in [5, 5.41) is 24.5. The van der Waals surface area contributed by atoms with Gasteiger partial charge in [0.25, 0.3) is 0 Å². The summed E-state index contributed by atoms with van der Waals surface area (Å²) in [6.07, 6.45) is -2.37. The molecule has 4 rings (SSSR count). The highest BCUT2D eigenvalue weighted by Crippen LogP contribution is 2.46. The van der Waals surface area contributed by atoms with Crippen LogP contribution in [0.25, 0.3) is 11.0 Å². The molecule has 0 aliphatic carbocycles. The number of nitrogen functional groups attached to an aromatic ring is 1. The number of aromatic nitrogens is 3. The van der Waals surface area contributed by atoms with E-state index in [0.717, 1.165) is 0 Å². The number of nitrogens with two attached hydrogens (primary N) is 1. The highest BCUT2D eigenvalue weighted by Gasteiger charge is 2.46. The highest BCUT2D eigenvalue weighted by atomic mass is 31.2. The number of fused-ring (bicyclic) bond motifs is 1. The van der Waals surface area contributed by atoms with Crippen molar-refractivity contribution in [1.82, 2.24) is 19.6 Å². The first kappa shape index (κ1) is 27.0. The Kier molecular flexibility index (Phi) is 8.12. The second-order valence-electron chi connectivity index (χ2n) is 8.80. The average Bonchev–Trinajstić information content (AvgIpc) is 3.40. The van der Waals surface area contributed by atoms with Gasteiger partial charge in [-0.2, -0.15) is 5.09 Å². The summed E-state index contributed by atoms with van der Waals surface area (Å²) >= 11 is 0. The van der Waals surface area contributed by atoms with Crippen LogP contribution >= 0.6 is 7.75 Å². The fraction of sp³-hybridized carbons (Fsp3) is 0.435. The summed E-state index contributed by atoms with van der Waals surface area (Å²) in [6, 6.07) is 8.88. The number of carbonyl (C=O) groups is 1. The van der Waals surface area contributed by atoms with Gasteiger partial charge in [-0.1, -0.05) is 18.2 Å². The Balaban J connectivity index is 1.50. The zero-order valence-corrected chi connectivity index (χ0v) is 21.4. The normalized spacial score (nSPS) is 24.2. The number of carbonyl (C=O) groups excluding carboxylic acids is 1. The van der Waals surface area contributed by atoms with E-state index in [1.54, 1.807) is 56.4 Å². The molecular weight excluding hydrogens is 505 g/mol. The zero-order chi connectivity index (χ0) is 26.7. The van der Waals surface area contributed by atoms with Gasteiger partial charge in [0.2, 0.25) is 0 Å². The Morgan fingerprint density at radius 3 is 2.62 bits per heavy atom. The number of ether oxygens (including phenoxy) is 2. The average molecular weight is 535 g/mol. The maximum atomic E-state index is 13.7. The first-order valence-electron chi connectivity index (χ1n) is 11.6. The number of anilines is 1. The van der Waals surface area contributed by atoms with E-state index < -0.39 is 50.9 Å². The van der Waals surface area contributed by atoms with Gasteiger partial charge in [0.15, 0.2) is 6.23 Å². The minimum Gasteiger partial charge on any atom is -0.462 e. The summed E-state index contributed by atoms with van der Waals surface area (Å²) in [6.45, 7) is 4.40. The summed E-state index contributed by atoms with van der Waals surface area (Å²) in [5.41, 5.74) is 6.29. The van der Waals surface area contributed by atoms with E-state index >= 15 is 0 Å². The number of benzene rings is 1. The molecule has 0 spiro atoms. The first-order chi connectivity index (χ1) is 17.6. The zero-order valence-electron chi connectivity index (χ0n) is 20.5. The number of rotatable bonds is 10. The van der Waals surface area contributed by atoms with Crippen LogP contribution in [0.5, 0.6) is 5.75 Å². The molecule has 1 aliphatic heterocycles. The van der Waals surface area contributed by atoms with Crippen molar-refractivity contribution in [3.8, 4) is 5.75 Å². The Morgan fingerprint density at radius 2 is 1.92 bits per heavy atom. The Bertz CT molecular complexity index is 1270. The maximum Gasteiger partial charge on any atom is 0.459 e. The minimum atomic E-state index is -4.19. The van der Waals surface area contributed by atoms with E-state index in [4.69, 9.17) is 24.3 Å². The van der Waals surface area contributed by atoms with Crippen LogP contribution in [0.4, 0.5) is 5.82 Å². The molecule has 3 aromatic rings. The molecule has 1 saturated heterocycles. The molecule has 13 nitrogen and oxygen atoms in total. The molecule has 1 aliphatic rings. The molecule has 0 radical (unpaired) electrons. The topological polar surface area (TPSA) is 180 Å². The Labute approximate surface area is 213 Å². The van der Waals surface area contributed by atoms with Crippen LogP contribution in [0.15, 0.2) is 48.9 Å². The molecule has 5 N–H and O–H groups in total. The molecule has 2 aromatic heterocycles. The summed E-state index contributed by atoms with van der Waals surface area (Å²) in [7, 11) is -4.19. The Morgan fingerprint density at radius 1 is 1.19 bits per heavy atom. The molecule has 37 heavy (non-hydrogen) atoms. The van der Waals surface area contributed by atoms with E-state index in [1.165, 1.54) is 17.8 Å². The van der Waals surface area contributed by atoms with E-state index in [1.807, 2.05) is 0 Å². The second-order valence-corrected chi connectivity index (χ2v) is 10.5. The van der Waals surface area contributed by atoms with E-state index in [2.05, 4.69) is 15.1 Å². The molecule has 6 atom stereocenters. The second kappa shape index (κ2) is 11.1. The van der Waals surface area contributed by atoms with Crippen LogP contribution < -0.4 is 15.3 Å². The Hall–Kier alpha value is -3.06. The molecule has 14 heteroatoms. The van der Waals surface area contributed by atoms with Crippen molar-refractivity contribution in [2.45, 2.75) is 57.5 Å². The van der Waals surface area contributed by atoms with Crippen molar-refractivity contribution in [3.63, 3.8) is 0 Å². The monoisotopic (exact) mass is 535 g/mol. The van der Waals surface area contributed by atoms with Crippen molar-refractivity contribution >= 4 is 30.6 Å². The van der Waals surface area contributed by atoms with Crippen LogP contribution in [0, 0.1) is 0 Å². The fourth-order valence-corrected chi connectivity index (χ4v) is 5.30. The summed E-state index contributed by atoms with van der Waals surface area (Å²) in [4.78, 5) is 20.4. The number of esters is 1. The van der Waals surface area contributed by atoms with Crippen LogP contribution in [0.2, 0.25) is 0 Å². The van der Waals surface area contributed by atoms with Crippen molar-refractivity contribution < 1.29 is 38.1 Å². The van der Waals surface area contributed by atoms with E-state index in [-0.39, 0.29) is 17.7 Å². The molecule has 0 saturated carbocycles. The summed E-state index contributed by atoms with van der Waals surface area (Å²) in [5.74, 6) is -0.166. The van der Waals surface area contributed by atoms with Crippen LogP contribution in [-0.4, -0.2) is 67.8 Å². The number of aliphatic hydroxyl groups is 2. The number of nitrogens with one attached hydrogen (secondary N) is 1. The predicted octanol–water partition coefficient (Wildman–Crippen LogP) is 1.77. The van der Waals surface area contributed by atoms with E-state index in [0.29, 0.717) is 11.0 Å². The fourth-order valence-electron chi connectivity index (χ4n) is 3.80. The number of aliphatic hydroxyl groups excluding tert-OH is 2. The lowest BCUT2D eigenvalue weighted by Gasteiger charge is -2.25. The molecule has 3 heterocycles. The largest absolute Gasteiger partial charge is 0.462 e. The number of nitrogens with zero attached hydrogens (tertiary/aromatic N) is 3. The SMILES string of the molecule is CC(C)OC(=O)[C@@H](C)NP(=O)(OC[C@H]1O[C@@H](n2ccc3c(N)ncnc32)[C@H](O)[C@@H]1O)Oc1ccccc1. The third-order valence-electron chi connectivity index (χ3n) is 5.59. The lowest BCUT2D eigenvalue weighted by Crippen LogP contribution is -2.38. The lowest BCUT2D eigenvalue weighted by molar-refractivity contribution is -0.149. The van der Waals surface area contributed by atoms with Gasteiger partial charge in [-0.3, -0.25) is 9.32 Å².